The third kappa shape index (κ3) is 52.5. The standard InChI is InChI=1S/C59H108O6/c1-4-7-10-13-16-19-22-24-26-28-29-31-32-34-37-40-43-46-49-52-58(61)64-55-56(54-63-57(60)51-48-45-42-39-36-21-18-15-12-9-6-3)65-59(62)53-50-47-44-41-38-35-33-30-27-25-23-20-17-14-11-8-5-2/h17,20,25,27,33,35,56H,4-16,18-19,21-24,26,28-32,34,36-55H2,1-3H3/b20-17-,27-25-,35-33-/t56-/m1/s1. The fourth-order valence-electron chi connectivity index (χ4n) is 8.33. The summed E-state index contributed by atoms with van der Waals surface area (Å²) >= 11 is 0. The van der Waals surface area contributed by atoms with Gasteiger partial charge in [0.1, 0.15) is 13.2 Å². The van der Waals surface area contributed by atoms with Gasteiger partial charge in [-0.25, -0.2) is 0 Å². The second-order valence-corrected chi connectivity index (χ2v) is 19.2. The number of rotatable bonds is 52. The third-order valence-electron chi connectivity index (χ3n) is 12.6. The van der Waals surface area contributed by atoms with E-state index in [-0.39, 0.29) is 31.1 Å². The van der Waals surface area contributed by atoms with E-state index < -0.39 is 6.10 Å². The summed E-state index contributed by atoms with van der Waals surface area (Å²) in [7, 11) is 0. The summed E-state index contributed by atoms with van der Waals surface area (Å²) in [4.78, 5) is 38.1. The number of hydrogen-bond acceptors (Lipinski definition) is 6. The SMILES string of the molecule is CCCCC/C=C\C/C=C\C/C=C\CCCCCCC(=O)O[C@H](COC(=O)CCCCCCCCCCCCC)COC(=O)CCCCCCCCCCCCCCCCCCCCC. The summed E-state index contributed by atoms with van der Waals surface area (Å²) in [5, 5.41) is 0. The van der Waals surface area contributed by atoms with Gasteiger partial charge in [0.2, 0.25) is 0 Å². The van der Waals surface area contributed by atoms with Gasteiger partial charge in [-0.15, -0.1) is 0 Å². The second kappa shape index (κ2) is 54.2. The molecule has 0 radical (unpaired) electrons. The Morgan fingerprint density at radius 2 is 0.554 bits per heavy atom. The van der Waals surface area contributed by atoms with E-state index in [4.69, 9.17) is 14.2 Å². The van der Waals surface area contributed by atoms with Gasteiger partial charge in [-0.1, -0.05) is 263 Å². The molecule has 0 heterocycles. The maximum absolute atomic E-state index is 12.8. The van der Waals surface area contributed by atoms with Gasteiger partial charge in [0.05, 0.1) is 0 Å². The van der Waals surface area contributed by atoms with E-state index in [0.717, 1.165) is 83.5 Å². The van der Waals surface area contributed by atoms with E-state index in [0.29, 0.717) is 19.3 Å². The highest BCUT2D eigenvalue weighted by atomic mass is 16.6. The molecule has 6 nitrogen and oxygen atoms in total. The van der Waals surface area contributed by atoms with E-state index in [2.05, 4.69) is 57.2 Å². The van der Waals surface area contributed by atoms with Crippen LogP contribution < -0.4 is 0 Å². The van der Waals surface area contributed by atoms with Gasteiger partial charge in [-0.2, -0.15) is 0 Å². The fourth-order valence-corrected chi connectivity index (χ4v) is 8.33. The van der Waals surface area contributed by atoms with Crippen molar-refractivity contribution >= 4 is 17.9 Å². The summed E-state index contributed by atoms with van der Waals surface area (Å²) in [6, 6.07) is 0. The molecule has 0 bridgehead atoms. The van der Waals surface area contributed by atoms with Crippen molar-refractivity contribution in [1.82, 2.24) is 0 Å². The van der Waals surface area contributed by atoms with Gasteiger partial charge in [-0.05, 0) is 57.8 Å². The minimum atomic E-state index is -0.779. The summed E-state index contributed by atoms with van der Waals surface area (Å²) in [5.41, 5.74) is 0. The molecular weight excluding hydrogens is 805 g/mol. The highest BCUT2D eigenvalue weighted by molar-refractivity contribution is 5.71. The van der Waals surface area contributed by atoms with Crippen LogP contribution in [0, 0.1) is 0 Å². The largest absolute Gasteiger partial charge is 0.462 e. The van der Waals surface area contributed by atoms with Gasteiger partial charge in [0.15, 0.2) is 6.10 Å². The molecule has 1 atom stereocenters. The van der Waals surface area contributed by atoms with Crippen molar-refractivity contribution in [3.05, 3.63) is 36.5 Å². The lowest BCUT2D eigenvalue weighted by atomic mass is 10.0. The van der Waals surface area contributed by atoms with Gasteiger partial charge in [0, 0.05) is 19.3 Å². The normalized spacial score (nSPS) is 12.2. The molecule has 0 aliphatic rings. The average Bonchev–Trinajstić information content (AvgIpc) is 3.30. The quantitative estimate of drug-likeness (QED) is 0.0262. The molecule has 0 aliphatic carbocycles. The van der Waals surface area contributed by atoms with Crippen LogP contribution in [0.4, 0.5) is 0 Å². The van der Waals surface area contributed by atoms with Gasteiger partial charge in [-0.3, -0.25) is 14.4 Å². The van der Waals surface area contributed by atoms with Crippen molar-refractivity contribution in [1.29, 1.82) is 0 Å². The zero-order valence-corrected chi connectivity index (χ0v) is 43.5. The first-order chi connectivity index (χ1) is 32.0. The molecule has 0 aromatic rings. The highest BCUT2D eigenvalue weighted by Crippen LogP contribution is 2.17. The van der Waals surface area contributed by atoms with E-state index in [1.165, 1.54) is 180 Å². The monoisotopic (exact) mass is 913 g/mol. The molecule has 0 aromatic carbocycles. The van der Waals surface area contributed by atoms with Crippen molar-refractivity contribution in [3.8, 4) is 0 Å². The number of carbonyl (C=O) groups excluding carboxylic acids is 3. The van der Waals surface area contributed by atoms with Crippen molar-refractivity contribution < 1.29 is 28.6 Å². The molecule has 0 N–H and O–H groups in total. The number of ether oxygens (including phenoxy) is 3. The molecule has 0 saturated carbocycles. The summed E-state index contributed by atoms with van der Waals surface area (Å²) in [6.45, 7) is 6.63. The summed E-state index contributed by atoms with van der Waals surface area (Å²) in [6.07, 6.45) is 64.2. The minimum Gasteiger partial charge on any atom is -0.462 e. The lowest BCUT2D eigenvalue weighted by Gasteiger charge is -2.18. The van der Waals surface area contributed by atoms with Crippen LogP contribution in [0.1, 0.15) is 303 Å². The Labute approximate surface area is 404 Å². The van der Waals surface area contributed by atoms with E-state index in [1.54, 1.807) is 0 Å². The van der Waals surface area contributed by atoms with Crippen LogP contribution >= 0.6 is 0 Å². The average molecular weight is 914 g/mol. The van der Waals surface area contributed by atoms with Crippen LogP contribution in [0.15, 0.2) is 36.5 Å². The van der Waals surface area contributed by atoms with Gasteiger partial charge >= 0.3 is 17.9 Å². The molecule has 6 heteroatoms. The Hall–Kier alpha value is -2.37. The smallest absolute Gasteiger partial charge is 0.306 e. The molecule has 0 saturated heterocycles. The Bertz CT molecular complexity index is 1090. The number of unbranched alkanes of at least 4 members (excludes halogenated alkanes) is 35. The highest BCUT2D eigenvalue weighted by Gasteiger charge is 2.19. The minimum absolute atomic E-state index is 0.0767. The van der Waals surface area contributed by atoms with E-state index >= 15 is 0 Å². The van der Waals surface area contributed by atoms with Gasteiger partial charge < -0.3 is 14.2 Å². The maximum atomic E-state index is 12.8. The lowest BCUT2D eigenvalue weighted by Crippen LogP contribution is -2.30. The van der Waals surface area contributed by atoms with Crippen molar-refractivity contribution in [2.45, 2.75) is 309 Å². The Morgan fingerprint density at radius 3 is 0.892 bits per heavy atom. The first-order valence-electron chi connectivity index (χ1n) is 28.5. The number of carbonyl (C=O) groups is 3. The van der Waals surface area contributed by atoms with Crippen LogP contribution in [-0.2, 0) is 28.6 Å². The third-order valence-corrected chi connectivity index (χ3v) is 12.6. The van der Waals surface area contributed by atoms with Crippen LogP contribution in [-0.4, -0.2) is 37.2 Å². The molecule has 0 fully saturated rings. The molecule has 0 rings (SSSR count). The van der Waals surface area contributed by atoms with E-state index in [9.17, 15) is 14.4 Å². The number of hydrogen-bond donors (Lipinski definition) is 0. The summed E-state index contributed by atoms with van der Waals surface area (Å²) in [5.74, 6) is -0.882. The van der Waals surface area contributed by atoms with Crippen LogP contribution in [0.3, 0.4) is 0 Å². The van der Waals surface area contributed by atoms with Crippen LogP contribution in [0.25, 0.3) is 0 Å². The fraction of sp³-hybridized carbons (Fsp3) is 0.847. The molecule has 0 aromatic heterocycles. The Morgan fingerprint density at radius 1 is 0.308 bits per heavy atom. The topological polar surface area (TPSA) is 78.9 Å². The molecular formula is C59H108O6. The molecule has 65 heavy (non-hydrogen) atoms. The second-order valence-electron chi connectivity index (χ2n) is 19.2. The molecule has 0 unspecified atom stereocenters. The van der Waals surface area contributed by atoms with Crippen molar-refractivity contribution in [2.24, 2.45) is 0 Å². The summed E-state index contributed by atoms with van der Waals surface area (Å²) < 4.78 is 16.8. The van der Waals surface area contributed by atoms with E-state index in [1.807, 2.05) is 0 Å². The van der Waals surface area contributed by atoms with Gasteiger partial charge in [0.25, 0.3) is 0 Å². The van der Waals surface area contributed by atoms with Crippen LogP contribution in [0.2, 0.25) is 0 Å². The van der Waals surface area contributed by atoms with Crippen molar-refractivity contribution in [3.63, 3.8) is 0 Å². The molecule has 0 spiro atoms. The first-order valence-corrected chi connectivity index (χ1v) is 28.5. The maximum Gasteiger partial charge on any atom is 0.306 e. The number of esters is 3. The molecule has 380 valence electrons. The molecule has 0 amide bonds. The molecule has 0 aliphatic heterocycles. The van der Waals surface area contributed by atoms with Crippen molar-refractivity contribution in [2.75, 3.05) is 13.2 Å². The Balaban J connectivity index is 4.32. The predicted molar refractivity (Wildman–Crippen MR) is 279 cm³/mol. The lowest BCUT2D eigenvalue weighted by molar-refractivity contribution is -0.167. The number of allylic oxidation sites excluding steroid dienone is 6. The Kier molecular flexibility index (Phi) is 52.3. The zero-order chi connectivity index (χ0) is 47.2. The van der Waals surface area contributed by atoms with Crippen LogP contribution in [0.5, 0.6) is 0 Å². The first kappa shape index (κ1) is 62.6. The predicted octanol–water partition coefficient (Wildman–Crippen LogP) is 18.9. The zero-order valence-electron chi connectivity index (χ0n) is 43.5.